The van der Waals surface area contributed by atoms with Crippen molar-refractivity contribution >= 4 is 23.8 Å². The van der Waals surface area contributed by atoms with Crippen LogP contribution in [0.3, 0.4) is 0 Å². The van der Waals surface area contributed by atoms with Crippen LogP contribution in [-0.2, 0) is 17.9 Å². The molecular formula is C15H19N7O. The quantitative estimate of drug-likeness (QED) is 0.697. The molecule has 1 aliphatic heterocycles. The maximum absolute atomic E-state index is 12.3. The lowest BCUT2D eigenvalue weighted by Crippen LogP contribution is -2.25. The molecule has 5 N–H and O–H groups in total. The van der Waals surface area contributed by atoms with Gasteiger partial charge in [0.1, 0.15) is 0 Å². The standard InChI is InChI=1S/C15H19N7O/c16-13-19-14(17)21-15(20-13)18-7-3-6-12(23)22-8-10-4-1-2-5-11(10)9-22/h1-2,4-5H,3,6-9H2,(H5,16,17,18,19,20,21). The number of nitrogens with zero attached hydrogens (tertiary/aromatic N) is 4. The van der Waals surface area contributed by atoms with Crippen LogP contribution < -0.4 is 16.8 Å². The lowest BCUT2D eigenvalue weighted by Gasteiger charge is -2.15. The second kappa shape index (κ2) is 6.47. The number of aromatic nitrogens is 3. The van der Waals surface area contributed by atoms with E-state index in [4.69, 9.17) is 11.5 Å². The van der Waals surface area contributed by atoms with Gasteiger partial charge in [-0.2, -0.15) is 15.0 Å². The number of benzene rings is 1. The van der Waals surface area contributed by atoms with E-state index >= 15 is 0 Å². The fourth-order valence-corrected chi connectivity index (χ4v) is 2.60. The molecule has 0 bridgehead atoms. The predicted octanol–water partition coefficient (Wildman–Crippen LogP) is 0.770. The van der Waals surface area contributed by atoms with E-state index in [1.165, 1.54) is 11.1 Å². The molecule has 3 rings (SSSR count). The third-order valence-corrected chi connectivity index (χ3v) is 3.71. The molecule has 0 aliphatic carbocycles. The zero-order chi connectivity index (χ0) is 16.2. The highest BCUT2D eigenvalue weighted by Gasteiger charge is 2.22. The Morgan fingerprint density at radius 2 is 1.70 bits per heavy atom. The Hall–Kier alpha value is -2.90. The normalized spacial score (nSPS) is 13.0. The molecule has 2 heterocycles. The lowest BCUT2D eigenvalue weighted by atomic mass is 10.1. The van der Waals surface area contributed by atoms with E-state index in [0.717, 1.165) is 0 Å². The van der Waals surface area contributed by atoms with E-state index < -0.39 is 0 Å². The molecular weight excluding hydrogens is 294 g/mol. The molecule has 0 unspecified atom stereocenters. The zero-order valence-corrected chi connectivity index (χ0v) is 12.7. The van der Waals surface area contributed by atoms with Crippen molar-refractivity contribution in [1.29, 1.82) is 0 Å². The summed E-state index contributed by atoms with van der Waals surface area (Å²) in [6.45, 7) is 1.96. The molecule has 0 spiro atoms. The molecule has 1 amide bonds. The SMILES string of the molecule is Nc1nc(N)nc(NCCCC(=O)N2Cc3ccccc3C2)n1. The van der Waals surface area contributed by atoms with Crippen LogP contribution in [0, 0.1) is 0 Å². The van der Waals surface area contributed by atoms with E-state index in [0.29, 0.717) is 38.4 Å². The minimum atomic E-state index is 0.0749. The number of nitrogens with two attached hydrogens (primary N) is 2. The van der Waals surface area contributed by atoms with Crippen LogP contribution in [-0.4, -0.2) is 32.3 Å². The first-order valence-corrected chi connectivity index (χ1v) is 7.47. The molecule has 1 aromatic heterocycles. The number of rotatable bonds is 5. The molecule has 0 radical (unpaired) electrons. The number of amides is 1. The summed E-state index contributed by atoms with van der Waals surface area (Å²) >= 11 is 0. The minimum absolute atomic E-state index is 0.0749. The molecule has 0 fully saturated rings. The van der Waals surface area contributed by atoms with Gasteiger partial charge in [0.2, 0.25) is 23.8 Å². The Morgan fingerprint density at radius 1 is 1.09 bits per heavy atom. The molecule has 23 heavy (non-hydrogen) atoms. The number of anilines is 3. The number of nitrogen functional groups attached to an aromatic ring is 2. The summed E-state index contributed by atoms with van der Waals surface area (Å²) in [5.41, 5.74) is 13.4. The van der Waals surface area contributed by atoms with Gasteiger partial charge < -0.3 is 21.7 Å². The number of fused-ring (bicyclic) bond motifs is 1. The van der Waals surface area contributed by atoms with Gasteiger partial charge in [-0.25, -0.2) is 0 Å². The fourth-order valence-electron chi connectivity index (χ4n) is 2.60. The Labute approximate surface area is 133 Å². The molecule has 120 valence electrons. The van der Waals surface area contributed by atoms with Gasteiger partial charge in [-0.05, 0) is 17.5 Å². The average molecular weight is 313 g/mol. The summed E-state index contributed by atoms with van der Waals surface area (Å²) in [6, 6.07) is 8.14. The zero-order valence-electron chi connectivity index (χ0n) is 12.7. The van der Waals surface area contributed by atoms with Crippen molar-refractivity contribution in [3.05, 3.63) is 35.4 Å². The van der Waals surface area contributed by atoms with Crippen molar-refractivity contribution < 1.29 is 4.79 Å². The minimum Gasteiger partial charge on any atom is -0.368 e. The molecule has 0 saturated heterocycles. The van der Waals surface area contributed by atoms with Crippen molar-refractivity contribution in [3.63, 3.8) is 0 Å². The summed E-state index contributed by atoms with van der Waals surface area (Å²) in [5.74, 6) is 0.630. The Kier molecular flexibility index (Phi) is 4.22. The third-order valence-electron chi connectivity index (χ3n) is 3.71. The van der Waals surface area contributed by atoms with E-state index in [-0.39, 0.29) is 17.8 Å². The van der Waals surface area contributed by atoms with Crippen molar-refractivity contribution in [1.82, 2.24) is 19.9 Å². The van der Waals surface area contributed by atoms with Crippen molar-refractivity contribution in [2.24, 2.45) is 0 Å². The average Bonchev–Trinajstić information content (AvgIpc) is 2.94. The lowest BCUT2D eigenvalue weighted by molar-refractivity contribution is -0.131. The van der Waals surface area contributed by atoms with Crippen LogP contribution in [0.5, 0.6) is 0 Å². The van der Waals surface area contributed by atoms with Crippen LogP contribution in [0.4, 0.5) is 17.8 Å². The first-order valence-electron chi connectivity index (χ1n) is 7.47. The van der Waals surface area contributed by atoms with Crippen LogP contribution in [0.15, 0.2) is 24.3 Å². The molecule has 0 saturated carbocycles. The monoisotopic (exact) mass is 313 g/mol. The van der Waals surface area contributed by atoms with Crippen LogP contribution in [0.1, 0.15) is 24.0 Å². The van der Waals surface area contributed by atoms with Crippen LogP contribution in [0.2, 0.25) is 0 Å². The number of hydrogen-bond donors (Lipinski definition) is 3. The second-order valence-electron chi connectivity index (χ2n) is 5.42. The highest BCUT2D eigenvalue weighted by atomic mass is 16.2. The fraction of sp³-hybridized carbons (Fsp3) is 0.333. The molecule has 8 nitrogen and oxygen atoms in total. The molecule has 0 atom stereocenters. The largest absolute Gasteiger partial charge is 0.368 e. The first-order chi connectivity index (χ1) is 11.1. The van der Waals surface area contributed by atoms with E-state index in [1.54, 1.807) is 0 Å². The van der Waals surface area contributed by atoms with Crippen molar-refractivity contribution in [3.8, 4) is 0 Å². The molecule has 2 aromatic rings. The molecule has 1 aliphatic rings. The summed E-state index contributed by atoms with van der Waals surface area (Å²) < 4.78 is 0. The number of hydrogen-bond acceptors (Lipinski definition) is 7. The number of carbonyl (C=O) groups excluding carboxylic acids is 1. The number of nitrogens with one attached hydrogen (secondary N) is 1. The Bertz CT molecular complexity index is 673. The van der Waals surface area contributed by atoms with Crippen molar-refractivity contribution in [2.75, 3.05) is 23.3 Å². The summed E-state index contributed by atoms with van der Waals surface area (Å²) in [5, 5.41) is 3.00. The third kappa shape index (κ3) is 3.65. The van der Waals surface area contributed by atoms with Gasteiger partial charge in [0.15, 0.2) is 0 Å². The van der Waals surface area contributed by atoms with Crippen molar-refractivity contribution in [2.45, 2.75) is 25.9 Å². The van der Waals surface area contributed by atoms with Gasteiger partial charge in [0.05, 0.1) is 0 Å². The van der Waals surface area contributed by atoms with E-state index in [1.807, 2.05) is 17.0 Å². The molecule has 8 heteroatoms. The maximum atomic E-state index is 12.3. The predicted molar refractivity (Wildman–Crippen MR) is 87.1 cm³/mol. The second-order valence-corrected chi connectivity index (χ2v) is 5.42. The smallest absolute Gasteiger partial charge is 0.229 e. The van der Waals surface area contributed by atoms with E-state index in [2.05, 4.69) is 32.4 Å². The van der Waals surface area contributed by atoms with Gasteiger partial charge in [-0.15, -0.1) is 0 Å². The first kappa shape index (κ1) is 15.0. The summed E-state index contributed by atoms with van der Waals surface area (Å²) in [6.07, 6.45) is 1.15. The van der Waals surface area contributed by atoms with Crippen LogP contribution in [0.25, 0.3) is 0 Å². The highest BCUT2D eigenvalue weighted by Crippen LogP contribution is 2.22. The van der Waals surface area contributed by atoms with Crippen LogP contribution >= 0.6 is 0 Å². The molecule has 1 aromatic carbocycles. The maximum Gasteiger partial charge on any atom is 0.229 e. The van der Waals surface area contributed by atoms with Gasteiger partial charge in [0.25, 0.3) is 0 Å². The highest BCUT2D eigenvalue weighted by molar-refractivity contribution is 5.77. The van der Waals surface area contributed by atoms with Gasteiger partial charge in [0, 0.05) is 26.1 Å². The topological polar surface area (TPSA) is 123 Å². The van der Waals surface area contributed by atoms with E-state index in [9.17, 15) is 4.79 Å². The van der Waals surface area contributed by atoms with Gasteiger partial charge in [-0.3, -0.25) is 4.79 Å². The summed E-state index contributed by atoms with van der Waals surface area (Å²) in [4.78, 5) is 25.7. The summed E-state index contributed by atoms with van der Waals surface area (Å²) in [7, 11) is 0. The van der Waals surface area contributed by atoms with Gasteiger partial charge >= 0.3 is 0 Å². The number of carbonyl (C=O) groups is 1. The Morgan fingerprint density at radius 3 is 2.30 bits per heavy atom. The van der Waals surface area contributed by atoms with Gasteiger partial charge in [-0.1, -0.05) is 24.3 Å². The Balaban J connectivity index is 1.44.